The first kappa shape index (κ1) is 34.5. The van der Waals surface area contributed by atoms with Crippen LogP contribution in [0.25, 0.3) is 22.5 Å². The van der Waals surface area contributed by atoms with Gasteiger partial charge in [-0.2, -0.15) is 0 Å². The summed E-state index contributed by atoms with van der Waals surface area (Å²) >= 11 is 1.75. The van der Waals surface area contributed by atoms with Crippen molar-refractivity contribution >= 4 is 11.8 Å². The van der Waals surface area contributed by atoms with Gasteiger partial charge in [0.15, 0.2) is 5.16 Å². The lowest BCUT2D eigenvalue weighted by Gasteiger charge is -2.22. The van der Waals surface area contributed by atoms with Gasteiger partial charge in [0.1, 0.15) is 23.1 Å². The number of unbranched alkanes of at least 4 members (excludes halogenated alkanes) is 6. The van der Waals surface area contributed by atoms with Crippen molar-refractivity contribution in [1.82, 2.24) is 14.9 Å². The van der Waals surface area contributed by atoms with Gasteiger partial charge in [-0.05, 0) is 98.9 Å². The van der Waals surface area contributed by atoms with Crippen LogP contribution in [0.2, 0.25) is 0 Å². The standard InChI is InChI=1S/C37H47F2N3O2S/c1-4-5-6-7-9-23-42(25-22-28-12-17-31(38)27-34(28)39)24-10-8-11-26-45-37-40-35(29-13-18-32(43-2)19-14-29)36(41-37)30-15-20-33(44-3)21-16-30/h12-21,27H,4-11,22-26H2,1-3H3,(H,40,41). The summed E-state index contributed by atoms with van der Waals surface area (Å²) in [6.07, 6.45) is 10.0. The van der Waals surface area contributed by atoms with E-state index in [-0.39, 0.29) is 0 Å². The average molecular weight is 636 g/mol. The van der Waals surface area contributed by atoms with Crippen molar-refractivity contribution in [3.8, 4) is 34.0 Å². The number of aromatic amines is 1. The van der Waals surface area contributed by atoms with E-state index in [4.69, 9.17) is 14.5 Å². The summed E-state index contributed by atoms with van der Waals surface area (Å²) in [7, 11) is 3.34. The lowest BCUT2D eigenvalue weighted by Crippen LogP contribution is -2.28. The summed E-state index contributed by atoms with van der Waals surface area (Å²) in [5.41, 5.74) is 4.57. The molecule has 0 unspecified atom stereocenters. The Morgan fingerprint density at radius 1 is 0.733 bits per heavy atom. The van der Waals surface area contributed by atoms with E-state index in [2.05, 4.69) is 16.8 Å². The molecule has 5 nitrogen and oxygen atoms in total. The molecule has 0 amide bonds. The molecule has 0 spiro atoms. The number of thioether (sulfide) groups is 1. The van der Waals surface area contributed by atoms with Crippen LogP contribution in [0.4, 0.5) is 8.78 Å². The second kappa shape index (κ2) is 18.6. The number of hydrogen-bond donors (Lipinski definition) is 1. The van der Waals surface area contributed by atoms with E-state index in [0.29, 0.717) is 12.0 Å². The summed E-state index contributed by atoms with van der Waals surface area (Å²) < 4.78 is 38.3. The number of H-pyrrole nitrogens is 1. The second-order valence-electron chi connectivity index (χ2n) is 11.4. The van der Waals surface area contributed by atoms with Crippen molar-refractivity contribution in [2.24, 2.45) is 0 Å². The molecule has 242 valence electrons. The Morgan fingerprint density at radius 2 is 1.36 bits per heavy atom. The number of nitrogens with one attached hydrogen (secondary N) is 1. The first-order chi connectivity index (χ1) is 22.0. The third kappa shape index (κ3) is 10.9. The highest BCUT2D eigenvalue weighted by Crippen LogP contribution is 2.34. The zero-order valence-electron chi connectivity index (χ0n) is 26.9. The highest BCUT2D eigenvalue weighted by atomic mass is 32.2. The minimum absolute atomic E-state index is 0.446. The molecule has 0 aliphatic heterocycles. The summed E-state index contributed by atoms with van der Waals surface area (Å²) in [5.74, 6) is 1.63. The van der Waals surface area contributed by atoms with Crippen LogP contribution in [0.1, 0.15) is 63.9 Å². The molecule has 4 rings (SSSR count). The third-order valence-electron chi connectivity index (χ3n) is 8.07. The van der Waals surface area contributed by atoms with Crippen molar-refractivity contribution in [3.05, 3.63) is 83.9 Å². The summed E-state index contributed by atoms with van der Waals surface area (Å²) in [6.45, 7) is 5.04. The molecule has 0 radical (unpaired) electrons. The van der Waals surface area contributed by atoms with Crippen LogP contribution < -0.4 is 9.47 Å². The van der Waals surface area contributed by atoms with Crippen LogP contribution in [0.5, 0.6) is 11.5 Å². The Bertz CT molecular complexity index is 1360. The molecule has 0 bridgehead atoms. The Morgan fingerprint density at radius 3 is 1.98 bits per heavy atom. The molecule has 8 heteroatoms. The Balaban J connectivity index is 1.30. The predicted octanol–water partition coefficient (Wildman–Crippen LogP) is 9.82. The van der Waals surface area contributed by atoms with Crippen LogP contribution in [0, 0.1) is 11.6 Å². The van der Waals surface area contributed by atoms with E-state index in [1.807, 2.05) is 48.5 Å². The molecule has 0 aliphatic carbocycles. The van der Waals surface area contributed by atoms with Gasteiger partial charge in [0, 0.05) is 29.5 Å². The van der Waals surface area contributed by atoms with Gasteiger partial charge in [0.05, 0.1) is 25.6 Å². The molecule has 4 aromatic rings. The fraction of sp³-hybridized carbons (Fsp3) is 0.432. The monoisotopic (exact) mass is 635 g/mol. The zero-order chi connectivity index (χ0) is 31.9. The van der Waals surface area contributed by atoms with Gasteiger partial charge in [-0.3, -0.25) is 0 Å². The number of ether oxygens (including phenoxy) is 2. The van der Waals surface area contributed by atoms with E-state index in [1.165, 1.54) is 31.7 Å². The van der Waals surface area contributed by atoms with Crippen molar-refractivity contribution in [2.75, 3.05) is 39.6 Å². The summed E-state index contributed by atoms with van der Waals surface area (Å²) in [6, 6.07) is 19.9. The van der Waals surface area contributed by atoms with Gasteiger partial charge in [-0.25, -0.2) is 13.8 Å². The van der Waals surface area contributed by atoms with E-state index < -0.39 is 11.6 Å². The van der Waals surface area contributed by atoms with E-state index in [9.17, 15) is 8.78 Å². The quantitative estimate of drug-likeness (QED) is 0.0774. The SMILES string of the molecule is CCCCCCCN(CCCCCSc1nc(-c2ccc(OC)cc2)c(-c2ccc(OC)cc2)[nH]1)CCc1ccc(F)cc1F. The number of nitrogens with zero attached hydrogens (tertiary/aromatic N) is 2. The van der Waals surface area contributed by atoms with E-state index >= 15 is 0 Å². The molecule has 0 aliphatic rings. The van der Waals surface area contributed by atoms with Gasteiger partial charge < -0.3 is 19.4 Å². The number of hydrogen-bond acceptors (Lipinski definition) is 5. The average Bonchev–Trinajstić information content (AvgIpc) is 3.49. The normalized spacial score (nSPS) is 11.3. The van der Waals surface area contributed by atoms with Crippen molar-refractivity contribution in [1.29, 1.82) is 0 Å². The number of benzene rings is 3. The summed E-state index contributed by atoms with van der Waals surface area (Å²) in [4.78, 5) is 11.0. The van der Waals surface area contributed by atoms with E-state index in [0.717, 1.165) is 96.3 Å². The van der Waals surface area contributed by atoms with Crippen molar-refractivity contribution in [3.63, 3.8) is 0 Å². The zero-order valence-corrected chi connectivity index (χ0v) is 27.7. The molecular formula is C37H47F2N3O2S. The number of imidazole rings is 1. The van der Waals surface area contributed by atoms with Gasteiger partial charge in [-0.15, -0.1) is 0 Å². The topological polar surface area (TPSA) is 50.4 Å². The molecule has 0 atom stereocenters. The largest absolute Gasteiger partial charge is 0.497 e. The van der Waals surface area contributed by atoms with Crippen molar-refractivity contribution < 1.29 is 18.3 Å². The van der Waals surface area contributed by atoms with Gasteiger partial charge in [-0.1, -0.05) is 56.9 Å². The van der Waals surface area contributed by atoms with Gasteiger partial charge in [0.25, 0.3) is 0 Å². The maximum absolute atomic E-state index is 14.2. The highest BCUT2D eigenvalue weighted by molar-refractivity contribution is 7.99. The fourth-order valence-electron chi connectivity index (χ4n) is 5.40. The third-order valence-corrected chi connectivity index (χ3v) is 9.03. The van der Waals surface area contributed by atoms with Gasteiger partial charge in [0.2, 0.25) is 0 Å². The molecule has 0 fully saturated rings. The fourth-order valence-corrected chi connectivity index (χ4v) is 6.28. The number of rotatable bonds is 20. The van der Waals surface area contributed by atoms with Crippen LogP contribution in [0.3, 0.4) is 0 Å². The Kier molecular flexibility index (Phi) is 14.2. The van der Waals surface area contributed by atoms with Crippen LogP contribution in [-0.4, -0.2) is 54.5 Å². The molecule has 3 aromatic carbocycles. The van der Waals surface area contributed by atoms with Crippen LogP contribution in [-0.2, 0) is 6.42 Å². The number of aromatic nitrogens is 2. The molecule has 1 heterocycles. The molecule has 1 N–H and O–H groups in total. The highest BCUT2D eigenvalue weighted by Gasteiger charge is 2.15. The number of halogens is 2. The Hall–Kier alpha value is -3.36. The van der Waals surface area contributed by atoms with Crippen molar-refractivity contribution in [2.45, 2.75) is 69.9 Å². The minimum atomic E-state index is -0.523. The molecule has 45 heavy (non-hydrogen) atoms. The molecule has 1 aromatic heterocycles. The Labute approximate surface area is 271 Å². The number of methoxy groups -OCH3 is 2. The van der Waals surface area contributed by atoms with Crippen LogP contribution in [0.15, 0.2) is 71.9 Å². The lowest BCUT2D eigenvalue weighted by molar-refractivity contribution is 0.263. The van der Waals surface area contributed by atoms with Crippen LogP contribution >= 0.6 is 11.8 Å². The van der Waals surface area contributed by atoms with E-state index in [1.54, 1.807) is 32.0 Å². The molecule has 0 saturated heterocycles. The maximum Gasteiger partial charge on any atom is 0.166 e. The first-order valence-corrected chi connectivity index (χ1v) is 17.2. The smallest absolute Gasteiger partial charge is 0.166 e. The maximum atomic E-state index is 14.2. The lowest BCUT2D eigenvalue weighted by atomic mass is 10.0. The first-order valence-electron chi connectivity index (χ1n) is 16.2. The second-order valence-corrected chi connectivity index (χ2v) is 12.5. The van der Waals surface area contributed by atoms with Gasteiger partial charge >= 0.3 is 0 Å². The minimum Gasteiger partial charge on any atom is -0.497 e. The predicted molar refractivity (Wildman–Crippen MR) is 182 cm³/mol. The summed E-state index contributed by atoms with van der Waals surface area (Å²) in [5, 5.41) is 0.904. The molecule has 0 saturated carbocycles. The molecular weight excluding hydrogens is 588 g/mol.